The van der Waals surface area contributed by atoms with Crippen LogP contribution in [0, 0.1) is 0 Å². The van der Waals surface area contributed by atoms with Gasteiger partial charge < -0.3 is 9.72 Å². The van der Waals surface area contributed by atoms with Gasteiger partial charge in [0.05, 0.1) is 18.5 Å². The molecule has 0 bridgehead atoms. The summed E-state index contributed by atoms with van der Waals surface area (Å²) in [5.41, 5.74) is 2.67. The first-order valence-electron chi connectivity index (χ1n) is 5.97. The van der Waals surface area contributed by atoms with E-state index in [9.17, 15) is 4.79 Å². The summed E-state index contributed by atoms with van der Waals surface area (Å²) >= 11 is 1.41. The molecule has 0 spiro atoms. The largest absolute Gasteiger partial charge is 0.494 e. The van der Waals surface area contributed by atoms with E-state index in [1.54, 1.807) is 0 Å². The summed E-state index contributed by atoms with van der Waals surface area (Å²) in [4.78, 5) is 18.5. The molecule has 2 aromatic heterocycles. The van der Waals surface area contributed by atoms with E-state index in [2.05, 4.69) is 9.97 Å². The second-order valence-corrected chi connectivity index (χ2v) is 4.90. The Bertz CT molecular complexity index is 759. The molecule has 3 rings (SSSR count). The van der Waals surface area contributed by atoms with E-state index >= 15 is 0 Å². The van der Waals surface area contributed by atoms with Crippen LogP contribution in [-0.2, 0) is 0 Å². The summed E-state index contributed by atoms with van der Waals surface area (Å²) in [7, 11) is 0. The minimum atomic E-state index is -0.0906. The summed E-state index contributed by atoms with van der Waals surface area (Å²) in [6, 6.07) is 7.82. The second-order valence-electron chi connectivity index (χ2n) is 4.02. The normalized spacial score (nSPS) is 10.8. The first-order chi connectivity index (χ1) is 9.29. The lowest BCUT2D eigenvalue weighted by atomic mass is 10.1. The standard InChI is InChI=1S/C14H12N2O2S/c1-2-18-10-5-3-9(4-6-10)11-7-19-13-12(11)15-8-16-14(13)17/h3-8H,2H2,1H3,(H,15,16,17). The molecule has 1 N–H and O–H groups in total. The number of hydrogen-bond acceptors (Lipinski definition) is 4. The number of benzene rings is 1. The van der Waals surface area contributed by atoms with Crippen molar-refractivity contribution in [2.75, 3.05) is 6.61 Å². The van der Waals surface area contributed by atoms with Gasteiger partial charge in [-0.2, -0.15) is 0 Å². The minimum absolute atomic E-state index is 0.0906. The number of aromatic amines is 1. The van der Waals surface area contributed by atoms with Gasteiger partial charge in [-0.15, -0.1) is 11.3 Å². The predicted octanol–water partition coefficient (Wildman–Crippen LogP) is 3.05. The van der Waals surface area contributed by atoms with Crippen LogP contribution in [0.5, 0.6) is 5.75 Å². The van der Waals surface area contributed by atoms with Gasteiger partial charge in [0.2, 0.25) is 0 Å². The molecule has 1 aromatic carbocycles. The lowest BCUT2D eigenvalue weighted by molar-refractivity contribution is 0.340. The van der Waals surface area contributed by atoms with Crippen LogP contribution >= 0.6 is 11.3 Å². The molecule has 0 saturated heterocycles. The van der Waals surface area contributed by atoms with Crippen molar-refractivity contribution in [3.63, 3.8) is 0 Å². The smallest absolute Gasteiger partial charge is 0.268 e. The first-order valence-corrected chi connectivity index (χ1v) is 6.85. The Balaban J connectivity index is 2.09. The molecular weight excluding hydrogens is 260 g/mol. The number of rotatable bonds is 3. The van der Waals surface area contributed by atoms with Crippen molar-refractivity contribution in [1.82, 2.24) is 9.97 Å². The van der Waals surface area contributed by atoms with Crippen LogP contribution in [0.25, 0.3) is 21.3 Å². The zero-order chi connectivity index (χ0) is 13.2. The average molecular weight is 272 g/mol. The Hall–Kier alpha value is -2.14. The number of hydrogen-bond donors (Lipinski definition) is 1. The summed E-state index contributed by atoms with van der Waals surface area (Å²) in [6.45, 7) is 2.61. The lowest BCUT2D eigenvalue weighted by Crippen LogP contribution is -2.03. The first kappa shape index (κ1) is 11.9. The molecule has 19 heavy (non-hydrogen) atoms. The topological polar surface area (TPSA) is 55.0 Å². The molecule has 0 saturated carbocycles. The maximum atomic E-state index is 11.7. The van der Waals surface area contributed by atoms with Gasteiger partial charge in [0.1, 0.15) is 10.4 Å². The molecule has 0 atom stereocenters. The number of fused-ring (bicyclic) bond motifs is 1. The number of H-pyrrole nitrogens is 1. The van der Waals surface area contributed by atoms with Gasteiger partial charge in [-0.3, -0.25) is 4.79 Å². The van der Waals surface area contributed by atoms with Crippen LogP contribution in [0.1, 0.15) is 6.92 Å². The molecule has 0 aliphatic carbocycles. The van der Waals surface area contributed by atoms with Gasteiger partial charge in [0.15, 0.2) is 0 Å². The van der Waals surface area contributed by atoms with Crippen LogP contribution in [0.3, 0.4) is 0 Å². The summed E-state index contributed by atoms with van der Waals surface area (Å²) < 4.78 is 6.08. The fraction of sp³-hybridized carbons (Fsp3) is 0.143. The molecule has 4 nitrogen and oxygen atoms in total. The van der Waals surface area contributed by atoms with Crippen molar-refractivity contribution >= 4 is 21.6 Å². The van der Waals surface area contributed by atoms with Crippen LogP contribution in [0.4, 0.5) is 0 Å². The fourth-order valence-corrected chi connectivity index (χ4v) is 2.89. The molecule has 0 radical (unpaired) electrons. The Morgan fingerprint density at radius 3 is 2.84 bits per heavy atom. The van der Waals surface area contributed by atoms with Crippen LogP contribution < -0.4 is 10.3 Å². The van der Waals surface area contributed by atoms with Crippen molar-refractivity contribution in [3.05, 3.63) is 46.3 Å². The van der Waals surface area contributed by atoms with Crippen LogP contribution in [0.2, 0.25) is 0 Å². The molecule has 0 aliphatic heterocycles. The maximum absolute atomic E-state index is 11.7. The maximum Gasteiger partial charge on any atom is 0.268 e. The fourth-order valence-electron chi connectivity index (χ4n) is 1.96. The van der Waals surface area contributed by atoms with Gasteiger partial charge in [-0.05, 0) is 24.6 Å². The van der Waals surface area contributed by atoms with Crippen molar-refractivity contribution in [2.24, 2.45) is 0 Å². The van der Waals surface area contributed by atoms with Gasteiger partial charge in [0, 0.05) is 10.9 Å². The van der Waals surface area contributed by atoms with E-state index < -0.39 is 0 Å². The Morgan fingerprint density at radius 2 is 2.11 bits per heavy atom. The Morgan fingerprint density at radius 1 is 1.32 bits per heavy atom. The van der Waals surface area contributed by atoms with Crippen molar-refractivity contribution < 1.29 is 4.74 Å². The number of nitrogens with one attached hydrogen (secondary N) is 1. The minimum Gasteiger partial charge on any atom is -0.494 e. The third-order valence-electron chi connectivity index (χ3n) is 2.84. The molecule has 0 aliphatic rings. The van der Waals surface area contributed by atoms with E-state index in [0.29, 0.717) is 11.3 Å². The third kappa shape index (κ3) is 2.13. The Kier molecular flexibility index (Phi) is 3.05. The molecule has 5 heteroatoms. The number of nitrogens with zero attached hydrogens (tertiary/aromatic N) is 1. The molecule has 96 valence electrons. The van der Waals surface area contributed by atoms with Crippen LogP contribution in [-0.4, -0.2) is 16.6 Å². The highest BCUT2D eigenvalue weighted by atomic mass is 32.1. The number of thiophene rings is 1. The SMILES string of the molecule is CCOc1ccc(-c2csc3c(=O)[nH]cnc23)cc1. The third-order valence-corrected chi connectivity index (χ3v) is 3.80. The average Bonchev–Trinajstić information content (AvgIpc) is 2.85. The summed E-state index contributed by atoms with van der Waals surface area (Å²) in [5.74, 6) is 0.844. The monoisotopic (exact) mass is 272 g/mol. The Labute approximate surface area is 113 Å². The van der Waals surface area contributed by atoms with E-state index in [1.807, 2.05) is 36.6 Å². The van der Waals surface area contributed by atoms with E-state index in [0.717, 1.165) is 22.4 Å². The van der Waals surface area contributed by atoms with Crippen molar-refractivity contribution in [3.8, 4) is 16.9 Å². The second kappa shape index (κ2) is 4.85. The highest BCUT2D eigenvalue weighted by molar-refractivity contribution is 7.17. The zero-order valence-electron chi connectivity index (χ0n) is 10.3. The highest BCUT2D eigenvalue weighted by Gasteiger charge is 2.10. The molecule has 0 amide bonds. The molecular formula is C14H12N2O2S. The van der Waals surface area contributed by atoms with Gasteiger partial charge >= 0.3 is 0 Å². The molecule has 0 unspecified atom stereocenters. The zero-order valence-corrected chi connectivity index (χ0v) is 11.2. The van der Waals surface area contributed by atoms with Gasteiger partial charge in [-0.25, -0.2) is 4.98 Å². The summed E-state index contributed by atoms with van der Waals surface area (Å²) in [6.07, 6.45) is 1.44. The summed E-state index contributed by atoms with van der Waals surface area (Å²) in [5, 5.41) is 1.96. The van der Waals surface area contributed by atoms with E-state index in [1.165, 1.54) is 17.7 Å². The van der Waals surface area contributed by atoms with E-state index in [-0.39, 0.29) is 5.56 Å². The number of ether oxygens (including phenoxy) is 1. The van der Waals surface area contributed by atoms with E-state index in [4.69, 9.17) is 4.74 Å². The molecule has 3 aromatic rings. The molecule has 0 fully saturated rings. The highest BCUT2D eigenvalue weighted by Crippen LogP contribution is 2.31. The predicted molar refractivity (Wildman–Crippen MR) is 76.8 cm³/mol. The molecule has 2 heterocycles. The quantitative estimate of drug-likeness (QED) is 0.797. The van der Waals surface area contributed by atoms with Crippen molar-refractivity contribution in [2.45, 2.75) is 6.92 Å². The van der Waals surface area contributed by atoms with Crippen LogP contribution in [0.15, 0.2) is 40.8 Å². The lowest BCUT2D eigenvalue weighted by Gasteiger charge is -2.04. The number of aromatic nitrogens is 2. The van der Waals surface area contributed by atoms with Gasteiger partial charge in [-0.1, -0.05) is 12.1 Å². The van der Waals surface area contributed by atoms with Crippen molar-refractivity contribution in [1.29, 1.82) is 0 Å². The van der Waals surface area contributed by atoms with Gasteiger partial charge in [0.25, 0.3) is 5.56 Å².